The molecule has 1 unspecified atom stereocenters. The molecule has 2 nitrogen and oxygen atoms in total. The molecule has 0 amide bonds. The minimum absolute atomic E-state index is 0.0915. The first-order valence-electron chi connectivity index (χ1n) is 7.29. The predicted octanol–water partition coefficient (Wildman–Crippen LogP) is 3.89. The van der Waals surface area contributed by atoms with E-state index in [2.05, 4.69) is 50.2 Å². The Labute approximate surface area is 121 Å². The van der Waals surface area contributed by atoms with Gasteiger partial charge in [-0.1, -0.05) is 50.2 Å². The molecule has 0 aromatic heterocycles. The SMILES string of the molecule is CCc1ccc(C(N)COc2cccc(CC)c2)cc1. The van der Waals surface area contributed by atoms with E-state index in [1.807, 2.05) is 12.1 Å². The molecule has 0 saturated carbocycles. The number of hydrogen-bond acceptors (Lipinski definition) is 2. The smallest absolute Gasteiger partial charge is 0.119 e. The van der Waals surface area contributed by atoms with Crippen molar-refractivity contribution < 1.29 is 4.74 Å². The fourth-order valence-corrected chi connectivity index (χ4v) is 2.14. The van der Waals surface area contributed by atoms with E-state index in [9.17, 15) is 0 Å². The molecule has 0 aliphatic rings. The summed E-state index contributed by atoms with van der Waals surface area (Å²) in [6, 6.07) is 16.5. The molecule has 1 atom stereocenters. The van der Waals surface area contributed by atoms with Crippen LogP contribution in [0, 0.1) is 0 Å². The zero-order valence-corrected chi connectivity index (χ0v) is 12.3. The van der Waals surface area contributed by atoms with Crippen molar-refractivity contribution in [1.82, 2.24) is 0 Å². The van der Waals surface area contributed by atoms with Crippen LogP contribution in [-0.4, -0.2) is 6.61 Å². The Kier molecular flexibility index (Phi) is 5.19. The monoisotopic (exact) mass is 269 g/mol. The Morgan fingerprint density at radius 2 is 1.65 bits per heavy atom. The van der Waals surface area contributed by atoms with Gasteiger partial charge in [0.25, 0.3) is 0 Å². The lowest BCUT2D eigenvalue weighted by Crippen LogP contribution is -2.19. The van der Waals surface area contributed by atoms with Gasteiger partial charge >= 0.3 is 0 Å². The van der Waals surface area contributed by atoms with Gasteiger partial charge in [0.05, 0.1) is 6.04 Å². The summed E-state index contributed by atoms with van der Waals surface area (Å²) >= 11 is 0. The van der Waals surface area contributed by atoms with Gasteiger partial charge in [0.1, 0.15) is 12.4 Å². The van der Waals surface area contributed by atoms with Crippen LogP contribution in [0.3, 0.4) is 0 Å². The summed E-state index contributed by atoms with van der Waals surface area (Å²) in [5.41, 5.74) is 9.91. The summed E-state index contributed by atoms with van der Waals surface area (Å²) in [5.74, 6) is 0.893. The standard InChI is InChI=1S/C18H23NO/c1-3-14-8-10-16(11-9-14)18(19)13-20-17-7-5-6-15(4-2)12-17/h5-12,18H,3-4,13,19H2,1-2H3. The molecular weight excluding hydrogens is 246 g/mol. The van der Waals surface area contributed by atoms with Gasteiger partial charge in [0, 0.05) is 0 Å². The van der Waals surface area contributed by atoms with Crippen LogP contribution in [0.1, 0.15) is 36.6 Å². The van der Waals surface area contributed by atoms with Gasteiger partial charge in [0.15, 0.2) is 0 Å². The Hall–Kier alpha value is -1.80. The summed E-state index contributed by atoms with van der Waals surface area (Å²) in [7, 11) is 0. The second kappa shape index (κ2) is 7.11. The molecular formula is C18H23NO. The highest BCUT2D eigenvalue weighted by Gasteiger charge is 2.07. The number of aryl methyl sites for hydroxylation is 2. The number of rotatable bonds is 6. The second-order valence-electron chi connectivity index (χ2n) is 5.01. The van der Waals surface area contributed by atoms with Crippen molar-refractivity contribution in [2.75, 3.05) is 6.61 Å². The predicted molar refractivity (Wildman–Crippen MR) is 84.1 cm³/mol. The Bertz CT molecular complexity index is 533. The first kappa shape index (κ1) is 14.6. The minimum atomic E-state index is -0.0915. The number of hydrogen-bond donors (Lipinski definition) is 1. The molecule has 106 valence electrons. The molecule has 0 radical (unpaired) electrons. The summed E-state index contributed by atoms with van der Waals surface area (Å²) in [4.78, 5) is 0. The highest BCUT2D eigenvalue weighted by molar-refractivity contribution is 5.29. The molecule has 0 aliphatic heterocycles. The average Bonchev–Trinajstić information content (AvgIpc) is 2.53. The van der Waals surface area contributed by atoms with Crippen LogP contribution in [0.4, 0.5) is 0 Å². The first-order chi connectivity index (χ1) is 9.72. The Morgan fingerprint density at radius 1 is 0.950 bits per heavy atom. The van der Waals surface area contributed by atoms with Crippen LogP contribution in [-0.2, 0) is 12.8 Å². The molecule has 0 bridgehead atoms. The van der Waals surface area contributed by atoms with E-state index in [1.54, 1.807) is 0 Å². The van der Waals surface area contributed by atoms with E-state index in [4.69, 9.17) is 10.5 Å². The van der Waals surface area contributed by atoms with Crippen molar-refractivity contribution in [2.24, 2.45) is 5.73 Å². The lowest BCUT2D eigenvalue weighted by Gasteiger charge is -2.14. The van der Waals surface area contributed by atoms with E-state index in [1.165, 1.54) is 11.1 Å². The van der Waals surface area contributed by atoms with Crippen molar-refractivity contribution in [3.63, 3.8) is 0 Å². The molecule has 2 aromatic carbocycles. The largest absolute Gasteiger partial charge is 0.492 e. The summed E-state index contributed by atoms with van der Waals surface area (Å²) in [6.07, 6.45) is 2.07. The third-order valence-corrected chi connectivity index (χ3v) is 3.55. The van der Waals surface area contributed by atoms with E-state index in [0.29, 0.717) is 6.61 Å². The fraction of sp³-hybridized carbons (Fsp3) is 0.333. The van der Waals surface area contributed by atoms with Crippen LogP contribution in [0.2, 0.25) is 0 Å². The summed E-state index contributed by atoms with van der Waals surface area (Å²) < 4.78 is 5.80. The fourth-order valence-electron chi connectivity index (χ4n) is 2.14. The van der Waals surface area contributed by atoms with Gasteiger partial charge in [-0.2, -0.15) is 0 Å². The van der Waals surface area contributed by atoms with Crippen LogP contribution < -0.4 is 10.5 Å². The normalized spacial score (nSPS) is 12.2. The summed E-state index contributed by atoms with van der Waals surface area (Å²) in [6.45, 7) is 4.79. The molecule has 0 fully saturated rings. The maximum atomic E-state index is 6.18. The lowest BCUT2D eigenvalue weighted by atomic mass is 10.1. The van der Waals surface area contributed by atoms with Gasteiger partial charge in [-0.15, -0.1) is 0 Å². The van der Waals surface area contributed by atoms with Gasteiger partial charge in [-0.25, -0.2) is 0 Å². The average molecular weight is 269 g/mol. The molecule has 0 saturated heterocycles. The van der Waals surface area contributed by atoms with Crippen molar-refractivity contribution in [3.05, 3.63) is 65.2 Å². The van der Waals surface area contributed by atoms with Crippen LogP contribution in [0.15, 0.2) is 48.5 Å². The first-order valence-corrected chi connectivity index (χ1v) is 7.29. The van der Waals surface area contributed by atoms with Crippen LogP contribution in [0.25, 0.3) is 0 Å². The van der Waals surface area contributed by atoms with Crippen LogP contribution >= 0.6 is 0 Å². The zero-order chi connectivity index (χ0) is 14.4. The second-order valence-corrected chi connectivity index (χ2v) is 5.01. The van der Waals surface area contributed by atoms with Gasteiger partial charge < -0.3 is 10.5 Å². The maximum absolute atomic E-state index is 6.18. The van der Waals surface area contributed by atoms with E-state index < -0.39 is 0 Å². The van der Waals surface area contributed by atoms with Crippen molar-refractivity contribution in [1.29, 1.82) is 0 Å². The number of benzene rings is 2. The van der Waals surface area contributed by atoms with Crippen molar-refractivity contribution >= 4 is 0 Å². The number of ether oxygens (including phenoxy) is 1. The van der Waals surface area contributed by atoms with E-state index in [-0.39, 0.29) is 6.04 Å². The van der Waals surface area contributed by atoms with Crippen molar-refractivity contribution in [2.45, 2.75) is 32.7 Å². The molecule has 20 heavy (non-hydrogen) atoms. The number of nitrogens with two attached hydrogens (primary N) is 1. The topological polar surface area (TPSA) is 35.2 Å². The lowest BCUT2D eigenvalue weighted by molar-refractivity contribution is 0.290. The van der Waals surface area contributed by atoms with Gasteiger partial charge in [-0.3, -0.25) is 0 Å². The van der Waals surface area contributed by atoms with Crippen molar-refractivity contribution in [3.8, 4) is 5.75 Å². The highest BCUT2D eigenvalue weighted by Crippen LogP contribution is 2.17. The molecule has 2 heteroatoms. The molecule has 2 rings (SSSR count). The third-order valence-electron chi connectivity index (χ3n) is 3.55. The molecule has 0 aliphatic carbocycles. The molecule has 2 aromatic rings. The highest BCUT2D eigenvalue weighted by atomic mass is 16.5. The zero-order valence-electron chi connectivity index (χ0n) is 12.3. The van der Waals surface area contributed by atoms with Crippen LogP contribution in [0.5, 0.6) is 5.75 Å². The minimum Gasteiger partial charge on any atom is -0.492 e. The Balaban J connectivity index is 1.95. The Morgan fingerprint density at radius 3 is 2.30 bits per heavy atom. The summed E-state index contributed by atoms with van der Waals surface area (Å²) in [5, 5.41) is 0. The quantitative estimate of drug-likeness (QED) is 0.863. The van der Waals surface area contributed by atoms with E-state index >= 15 is 0 Å². The maximum Gasteiger partial charge on any atom is 0.119 e. The van der Waals surface area contributed by atoms with Gasteiger partial charge in [-0.05, 0) is 41.7 Å². The molecule has 0 heterocycles. The van der Waals surface area contributed by atoms with Gasteiger partial charge in [0.2, 0.25) is 0 Å². The third kappa shape index (κ3) is 3.84. The molecule has 2 N–H and O–H groups in total. The van der Waals surface area contributed by atoms with E-state index in [0.717, 1.165) is 24.2 Å². The molecule has 0 spiro atoms.